The van der Waals surface area contributed by atoms with Crippen LogP contribution in [0.15, 0.2) is 29.0 Å². The number of aliphatic hydroxyl groups is 3. The van der Waals surface area contributed by atoms with Gasteiger partial charge in [0.05, 0.1) is 18.2 Å². The molecule has 1 saturated heterocycles. The van der Waals surface area contributed by atoms with Gasteiger partial charge in [0.1, 0.15) is 22.8 Å². The maximum Gasteiger partial charge on any atom is 0.255 e. The number of carbonyl (C=O) groups excluding carboxylic acids is 4. The van der Waals surface area contributed by atoms with Gasteiger partial charge in [0.2, 0.25) is 5.78 Å². The summed E-state index contributed by atoms with van der Waals surface area (Å²) in [6.07, 6.45) is 1.55. The lowest BCUT2D eigenvalue weighted by atomic mass is 9.57. The zero-order chi connectivity index (χ0) is 29.1. The summed E-state index contributed by atoms with van der Waals surface area (Å²) in [5.74, 6) is -7.53. The third-order valence-electron chi connectivity index (χ3n) is 8.68. The van der Waals surface area contributed by atoms with Crippen LogP contribution in [0.1, 0.15) is 40.7 Å². The molecular formula is C28H33N3O9. The van der Waals surface area contributed by atoms with E-state index in [9.17, 15) is 39.6 Å². The number of phenolic OH excluding ortho intramolecular Hbond substituents is 1. The Balaban J connectivity index is 1.58. The standard InChI is InChI=1S/C28H33N3O9/c1-31(2)22-16-10-12-9-15-14(18(33)11-30-13-5-7-40-8-6-13)3-4-17(32)20(15)23(34)19(12)25(36)28(16,39)26(37)21(24(22)35)27(29)38/h3-4,12-13,16,22,30,32,34,37,39H,5-11H2,1-2H3,(H2,29,38)/t12-,16-,22-,28-/m0/s1. The molecular weight excluding hydrogens is 522 g/mol. The minimum Gasteiger partial charge on any atom is -0.508 e. The smallest absolute Gasteiger partial charge is 0.255 e. The number of nitrogens with zero attached hydrogens (tertiary/aromatic N) is 1. The van der Waals surface area contributed by atoms with Crippen molar-refractivity contribution >= 4 is 29.0 Å². The SMILES string of the molecule is CN(C)[C@@H]1C(=O)C(C(N)=O)=C(O)[C@@]2(O)C(=O)C3=C(O)c4c(O)ccc(C(=O)CNC5CCOCC5)c4C[C@H]3C[C@@H]12. The fourth-order valence-electron chi connectivity index (χ4n) is 6.74. The van der Waals surface area contributed by atoms with Crippen molar-refractivity contribution in [2.45, 2.75) is 43.4 Å². The summed E-state index contributed by atoms with van der Waals surface area (Å²) in [5, 5.41) is 47.8. The molecule has 1 amide bonds. The van der Waals surface area contributed by atoms with Crippen LogP contribution in [0.5, 0.6) is 5.75 Å². The molecule has 40 heavy (non-hydrogen) atoms. The Bertz CT molecular complexity index is 1370. The van der Waals surface area contributed by atoms with Gasteiger partial charge in [-0.2, -0.15) is 0 Å². The van der Waals surface area contributed by atoms with Gasteiger partial charge in [0, 0.05) is 36.3 Å². The average molecular weight is 556 g/mol. The van der Waals surface area contributed by atoms with Crippen LogP contribution in [0.4, 0.5) is 0 Å². The third-order valence-corrected chi connectivity index (χ3v) is 8.68. The number of hydrogen-bond acceptors (Lipinski definition) is 11. The van der Waals surface area contributed by atoms with Crippen molar-refractivity contribution in [1.29, 1.82) is 0 Å². The number of fused-ring (bicyclic) bond motifs is 3. The number of phenols is 1. The van der Waals surface area contributed by atoms with Crippen LogP contribution < -0.4 is 11.1 Å². The number of ketones is 3. The Morgan fingerprint density at radius 3 is 2.45 bits per heavy atom. The minimum atomic E-state index is -2.71. The molecule has 214 valence electrons. The first-order valence-electron chi connectivity index (χ1n) is 13.2. The van der Waals surface area contributed by atoms with Crippen LogP contribution in [-0.4, -0.2) is 100 Å². The molecule has 5 rings (SSSR count). The quantitative estimate of drug-likeness (QED) is 0.203. The van der Waals surface area contributed by atoms with Gasteiger partial charge in [-0.05, 0) is 63.4 Å². The number of likely N-dealkylation sites (N-methyl/N-ethyl adjacent to an activating group) is 1. The summed E-state index contributed by atoms with van der Waals surface area (Å²) in [7, 11) is 3.07. The molecule has 7 N–H and O–H groups in total. The van der Waals surface area contributed by atoms with E-state index in [0.717, 1.165) is 12.8 Å². The molecule has 1 aromatic rings. The number of nitrogens with one attached hydrogen (secondary N) is 1. The number of primary amides is 1. The maximum atomic E-state index is 13.9. The monoisotopic (exact) mass is 555 g/mol. The zero-order valence-corrected chi connectivity index (χ0v) is 22.3. The lowest BCUT2D eigenvalue weighted by Gasteiger charge is -2.50. The highest BCUT2D eigenvalue weighted by atomic mass is 16.5. The van der Waals surface area contributed by atoms with E-state index in [-0.39, 0.29) is 53.7 Å². The number of Topliss-reactive ketones (excluding diaryl/α,β-unsaturated/α-hetero) is 3. The Labute approximate surface area is 230 Å². The molecule has 12 heteroatoms. The van der Waals surface area contributed by atoms with Gasteiger partial charge in [0.25, 0.3) is 5.91 Å². The van der Waals surface area contributed by atoms with E-state index in [1.54, 1.807) is 0 Å². The highest BCUT2D eigenvalue weighted by Gasteiger charge is 2.64. The summed E-state index contributed by atoms with van der Waals surface area (Å²) in [4.78, 5) is 53.9. The van der Waals surface area contributed by atoms with Gasteiger partial charge < -0.3 is 36.2 Å². The number of rotatable bonds is 6. The van der Waals surface area contributed by atoms with E-state index < -0.39 is 58.0 Å². The summed E-state index contributed by atoms with van der Waals surface area (Å²) >= 11 is 0. The van der Waals surface area contributed by atoms with Crippen molar-refractivity contribution in [3.8, 4) is 5.75 Å². The molecule has 0 unspecified atom stereocenters. The van der Waals surface area contributed by atoms with Gasteiger partial charge in [-0.1, -0.05) is 0 Å². The molecule has 0 bridgehead atoms. The number of ether oxygens (including phenoxy) is 1. The predicted molar refractivity (Wildman–Crippen MR) is 140 cm³/mol. The lowest BCUT2D eigenvalue weighted by Crippen LogP contribution is -2.65. The molecule has 4 atom stereocenters. The minimum absolute atomic E-state index is 0.0248. The van der Waals surface area contributed by atoms with Crippen molar-refractivity contribution in [1.82, 2.24) is 10.2 Å². The first kappa shape index (κ1) is 28.0. The second-order valence-electron chi connectivity index (χ2n) is 11.1. The molecule has 1 heterocycles. The van der Waals surface area contributed by atoms with E-state index in [2.05, 4.69) is 5.32 Å². The van der Waals surface area contributed by atoms with Crippen molar-refractivity contribution < 1.29 is 44.3 Å². The molecule has 0 aromatic heterocycles. The summed E-state index contributed by atoms with van der Waals surface area (Å²) in [6, 6.07) is 1.68. The lowest BCUT2D eigenvalue weighted by molar-refractivity contribution is -0.153. The number of hydrogen-bond donors (Lipinski definition) is 6. The normalized spacial score (nSPS) is 28.9. The fraction of sp³-hybridized carbons (Fsp3) is 0.500. The topological polar surface area (TPSA) is 200 Å². The Hall–Kier alpha value is -3.58. The molecule has 0 radical (unpaired) electrons. The molecule has 4 aliphatic rings. The van der Waals surface area contributed by atoms with Gasteiger partial charge in [-0.25, -0.2) is 0 Å². The predicted octanol–water partition coefficient (Wildman–Crippen LogP) is -0.0847. The number of nitrogens with two attached hydrogens (primary N) is 1. The van der Waals surface area contributed by atoms with Crippen molar-refractivity contribution in [3.05, 3.63) is 45.7 Å². The van der Waals surface area contributed by atoms with Gasteiger partial charge >= 0.3 is 0 Å². The second-order valence-corrected chi connectivity index (χ2v) is 11.1. The number of aromatic hydroxyl groups is 1. The first-order valence-corrected chi connectivity index (χ1v) is 13.2. The van der Waals surface area contributed by atoms with E-state index in [0.29, 0.717) is 18.8 Å². The van der Waals surface area contributed by atoms with Gasteiger partial charge in [0.15, 0.2) is 17.2 Å². The number of carbonyl (C=O) groups is 4. The fourth-order valence-corrected chi connectivity index (χ4v) is 6.74. The zero-order valence-electron chi connectivity index (χ0n) is 22.3. The number of amides is 1. The summed E-state index contributed by atoms with van der Waals surface area (Å²) in [5.41, 5.74) is 2.03. The third kappa shape index (κ3) is 4.14. The Kier molecular flexibility index (Phi) is 7.07. The van der Waals surface area contributed by atoms with E-state index in [4.69, 9.17) is 10.5 Å². The molecule has 1 aromatic carbocycles. The van der Waals surface area contributed by atoms with Crippen LogP contribution in [0.2, 0.25) is 0 Å². The molecule has 1 aliphatic heterocycles. The van der Waals surface area contributed by atoms with Gasteiger partial charge in [-0.15, -0.1) is 0 Å². The van der Waals surface area contributed by atoms with Crippen LogP contribution in [-0.2, 0) is 25.5 Å². The number of benzene rings is 1. The molecule has 2 fully saturated rings. The molecule has 1 saturated carbocycles. The Morgan fingerprint density at radius 2 is 1.82 bits per heavy atom. The highest BCUT2D eigenvalue weighted by molar-refractivity contribution is 6.24. The largest absolute Gasteiger partial charge is 0.508 e. The average Bonchev–Trinajstić information content (AvgIpc) is 2.89. The maximum absolute atomic E-state index is 13.9. The molecule has 3 aliphatic carbocycles. The Morgan fingerprint density at radius 1 is 1.15 bits per heavy atom. The molecule has 0 spiro atoms. The van der Waals surface area contributed by atoms with Crippen LogP contribution >= 0.6 is 0 Å². The summed E-state index contributed by atoms with van der Waals surface area (Å²) in [6.45, 7) is 1.23. The van der Waals surface area contributed by atoms with Crippen LogP contribution in [0.25, 0.3) is 5.76 Å². The van der Waals surface area contributed by atoms with E-state index >= 15 is 0 Å². The van der Waals surface area contributed by atoms with Crippen LogP contribution in [0, 0.1) is 11.8 Å². The second kappa shape index (κ2) is 10.1. The van der Waals surface area contributed by atoms with E-state index in [1.807, 2.05) is 0 Å². The number of aliphatic hydroxyl groups excluding tert-OH is 2. The van der Waals surface area contributed by atoms with Crippen molar-refractivity contribution in [2.24, 2.45) is 17.6 Å². The first-order chi connectivity index (χ1) is 18.9. The molecule has 12 nitrogen and oxygen atoms in total. The van der Waals surface area contributed by atoms with Gasteiger partial charge in [-0.3, -0.25) is 24.1 Å². The summed E-state index contributed by atoms with van der Waals surface area (Å²) < 4.78 is 5.35. The van der Waals surface area contributed by atoms with Crippen LogP contribution in [0.3, 0.4) is 0 Å². The van der Waals surface area contributed by atoms with Crippen molar-refractivity contribution in [3.63, 3.8) is 0 Å². The highest BCUT2D eigenvalue weighted by Crippen LogP contribution is 2.52. The van der Waals surface area contributed by atoms with E-state index in [1.165, 1.54) is 31.1 Å². The van der Waals surface area contributed by atoms with Crippen molar-refractivity contribution in [2.75, 3.05) is 33.9 Å².